The van der Waals surface area contributed by atoms with Crippen LogP contribution in [0.4, 0.5) is 17.1 Å². The molecule has 0 unspecified atom stereocenters. The normalized spacial score (nSPS) is 11.5. The van der Waals surface area contributed by atoms with Crippen LogP contribution in [0.25, 0.3) is 10.8 Å². The molecule has 0 amide bonds. The Labute approximate surface area is 208 Å². The summed E-state index contributed by atoms with van der Waals surface area (Å²) >= 11 is 0. The molecule has 4 aromatic carbocycles. The van der Waals surface area contributed by atoms with Gasteiger partial charge in [-0.3, -0.25) is 20.3 Å². The van der Waals surface area contributed by atoms with Crippen molar-refractivity contribution >= 4 is 44.1 Å². The topological polar surface area (TPSA) is 123 Å². The molecule has 9 nitrogen and oxygen atoms in total. The maximum Gasteiger partial charge on any atom is 0.295 e. The minimum Gasteiger partial charge on any atom is -0.496 e. The third kappa shape index (κ3) is 5.13. The molecule has 0 aliphatic rings. The fourth-order valence-corrected chi connectivity index (χ4v) is 4.96. The van der Waals surface area contributed by atoms with E-state index in [2.05, 4.69) is 15.2 Å². The van der Waals surface area contributed by atoms with Gasteiger partial charge in [0, 0.05) is 11.6 Å². The highest BCUT2D eigenvalue weighted by atomic mass is 32.2. The van der Waals surface area contributed by atoms with Crippen LogP contribution in [-0.4, -0.2) is 26.7 Å². The number of ether oxygens (including phenoxy) is 1. The van der Waals surface area contributed by atoms with Crippen molar-refractivity contribution in [1.82, 2.24) is 0 Å². The molecule has 0 saturated heterocycles. The highest BCUT2D eigenvalue weighted by Gasteiger charge is 2.22. The first-order valence-electron chi connectivity index (χ1n) is 10.9. The second-order valence-electron chi connectivity index (χ2n) is 8.13. The minimum absolute atomic E-state index is 0.0425. The van der Waals surface area contributed by atoms with Gasteiger partial charge in [-0.1, -0.05) is 48.0 Å². The van der Waals surface area contributed by atoms with Crippen molar-refractivity contribution in [2.75, 3.05) is 17.3 Å². The molecule has 0 bridgehead atoms. The van der Waals surface area contributed by atoms with Crippen LogP contribution in [0, 0.1) is 24.0 Å². The number of benzene rings is 4. The largest absolute Gasteiger partial charge is 0.496 e. The van der Waals surface area contributed by atoms with E-state index in [0.29, 0.717) is 17.0 Å². The average molecular weight is 505 g/mol. The van der Waals surface area contributed by atoms with Crippen LogP contribution in [0.2, 0.25) is 0 Å². The molecular formula is C26H24N4O5S. The van der Waals surface area contributed by atoms with E-state index in [4.69, 9.17) is 4.74 Å². The highest BCUT2D eigenvalue weighted by Crippen LogP contribution is 2.30. The van der Waals surface area contributed by atoms with E-state index in [1.807, 2.05) is 49.4 Å². The lowest BCUT2D eigenvalue weighted by atomic mass is 10.0. The Balaban J connectivity index is 1.63. The lowest BCUT2D eigenvalue weighted by Crippen LogP contribution is -2.14. The summed E-state index contributed by atoms with van der Waals surface area (Å²) < 4.78 is 33.8. The molecule has 184 valence electrons. The summed E-state index contributed by atoms with van der Waals surface area (Å²) in [6.07, 6.45) is 1.51. The van der Waals surface area contributed by atoms with E-state index >= 15 is 0 Å². The molecule has 2 N–H and O–H groups in total. The van der Waals surface area contributed by atoms with Gasteiger partial charge in [0.15, 0.2) is 0 Å². The maximum absolute atomic E-state index is 12.9. The fraction of sp³-hybridized carbons (Fsp3) is 0.115. The van der Waals surface area contributed by atoms with Crippen LogP contribution in [0.5, 0.6) is 5.75 Å². The van der Waals surface area contributed by atoms with E-state index in [9.17, 15) is 18.5 Å². The van der Waals surface area contributed by atoms with E-state index in [-0.39, 0.29) is 10.6 Å². The standard InChI is InChI=1S/C26H24N4O5S/c1-17-8-11-23(18(2)14-17)29-36(33,34)20-10-12-24(25(15-20)30(31)32)28-27-16-22-21-7-5-4-6-19(21)9-13-26(22)35-3/h4-16,28-29H,1-3H3/b27-16+. The zero-order valence-corrected chi connectivity index (χ0v) is 20.7. The molecule has 4 rings (SSSR count). The Kier molecular flexibility index (Phi) is 6.89. The number of nitro groups is 1. The summed E-state index contributed by atoms with van der Waals surface area (Å²) in [5, 5.41) is 17.8. The van der Waals surface area contributed by atoms with Crippen molar-refractivity contribution in [3.05, 3.63) is 99.6 Å². The minimum atomic E-state index is -4.06. The number of fused-ring (bicyclic) bond motifs is 1. The van der Waals surface area contributed by atoms with Gasteiger partial charge in [-0.2, -0.15) is 5.10 Å². The quantitative estimate of drug-likeness (QED) is 0.182. The molecule has 0 spiro atoms. The molecule has 0 heterocycles. The van der Waals surface area contributed by atoms with Gasteiger partial charge in [-0.25, -0.2) is 8.42 Å². The van der Waals surface area contributed by atoms with Crippen molar-refractivity contribution in [2.45, 2.75) is 18.7 Å². The molecule has 0 radical (unpaired) electrons. The average Bonchev–Trinajstić information content (AvgIpc) is 2.85. The van der Waals surface area contributed by atoms with Gasteiger partial charge >= 0.3 is 0 Å². The smallest absolute Gasteiger partial charge is 0.295 e. The van der Waals surface area contributed by atoms with Crippen molar-refractivity contribution < 1.29 is 18.1 Å². The number of hydrogen-bond acceptors (Lipinski definition) is 7. The van der Waals surface area contributed by atoms with Crippen molar-refractivity contribution in [3.63, 3.8) is 0 Å². The van der Waals surface area contributed by atoms with Gasteiger partial charge in [0.2, 0.25) is 0 Å². The number of nitro benzene ring substituents is 1. The number of hydrazone groups is 1. The summed E-state index contributed by atoms with van der Waals surface area (Å²) in [6.45, 7) is 3.68. The number of rotatable bonds is 8. The third-order valence-electron chi connectivity index (χ3n) is 5.63. The molecule has 0 aliphatic carbocycles. The third-order valence-corrected chi connectivity index (χ3v) is 6.99. The Bertz CT molecular complexity index is 1600. The number of hydrogen-bond donors (Lipinski definition) is 2. The van der Waals surface area contributed by atoms with Crippen LogP contribution >= 0.6 is 0 Å². The van der Waals surface area contributed by atoms with E-state index in [1.54, 1.807) is 26.2 Å². The SMILES string of the molecule is COc1ccc2ccccc2c1/C=N/Nc1ccc(S(=O)(=O)Nc2ccc(C)cc2C)cc1[N+](=O)[O-]. The Morgan fingerprint density at radius 2 is 1.72 bits per heavy atom. The molecule has 0 atom stereocenters. The van der Waals surface area contributed by atoms with E-state index < -0.39 is 20.6 Å². The van der Waals surface area contributed by atoms with E-state index in [0.717, 1.165) is 28.0 Å². The second kappa shape index (κ2) is 10.0. The number of aryl methyl sites for hydroxylation is 2. The first kappa shape index (κ1) is 24.7. The summed E-state index contributed by atoms with van der Waals surface area (Å²) in [6, 6.07) is 20.3. The van der Waals surface area contributed by atoms with Crippen molar-refractivity contribution in [2.24, 2.45) is 5.10 Å². The number of anilines is 2. The monoisotopic (exact) mass is 504 g/mol. The molecule has 0 aliphatic heterocycles. The fourth-order valence-electron chi connectivity index (χ4n) is 3.81. The lowest BCUT2D eigenvalue weighted by molar-refractivity contribution is -0.384. The van der Waals surface area contributed by atoms with Crippen LogP contribution < -0.4 is 14.9 Å². The number of sulfonamides is 1. The summed E-state index contributed by atoms with van der Waals surface area (Å²) in [5.74, 6) is 0.590. The maximum atomic E-state index is 12.9. The first-order valence-corrected chi connectivity index (χ1v) is 12.4. The lowest BCUT2D eigenvalue weighted by Gasteiger charge is -2.12. The van der Waals surface area contributed by atoms with Crippen molar-refractivity contribution in [1.29, 1.82) is 0 Å². The van der Waals surface area contributed by atoms with E-state index in [1.165, 1.54) is 18.3 Å². The number of methoxy groups -OCH3 is 1. The molecular weight excluding hydrogens is 480 g/mol. The van der Waals surface area contributed by atoms with Crippen LogP contribution in [-0.2, 0) is 10.0 Å². The number of nitrogens with zero attached hydrogens (tertiary/aromatic N) is 2. The Morgan fingerprint density at radius 1 is 0.972 bits per heavy atom. The van der Waals surface area contributed by atoms with Gasteiger partial charge in [-0.15, -0.1) is 0 Å². The Morgan fingerprint density at radius 3 is 2.44 bits per heavy atom. The molecule has 0 aromatic heterocycles. The Hall–Kier alpha value is -4.44. The van der Waals surface area contributed by atoms with Gasteiger partial charge in [-0.05, 0) is 54.4 Å². The van der Waals surface area contributed by atoms with Crippen LogP contribution in [0.1, 0.15) is 16.7 Å². The summed E-state index contributed by atoms with van der Waals surface area (Å²) in [4.78, 5) is 10.8. The predicted molar refractivity (Wildman–Crippen MR) is 142 cm³/mol. The van der Waals surface area contributed by atoms with Gasteiger partial charge in [0.05, 0.1) is 28.8 Å². The summed E-state index contributed by atoms with van der Waals surface area (Å²) in [5.41, 5.74) is 5.10. The van der Waals surface area contributed by atoms with Gasteiger partial charge < -0.3 is 4.74 Å². The van der Waals surface area contributed by atoms with Gasteiger partial charge in [0.25, 0.3) is 15.7 Å². The zero-order valence-electron chi connectivity index (χ0n) is 19.8. The highest BCUT2D eigenvalue weighted by molar-refractivity contribution is 7.92. The number of nitrogens with one attached hydrogen (secondary N) is 2. The van der Waals surface area contributed by atoms with Crippen molar-refractivity contribution in [3.8, 4) is 5.75 Å². The van der Waals surface area contributed by atoms with Crippen LogP contribution in [0.3, 0.4) is 0 Å². The van der Waals surface area contributed by atoms with Crippen LogP contribution in [0.15, 0.2) is 82.8 Å². The summed E-state index contributed by atoms with van der Waals surface area (Å²) in [7, 11) is -2.51. The molecule has 36 heavy (non-hydrogen) atoms. The molecule has 0 fully saturated rings. The molecule has 0 saturated carbocycles. The first-order chi connectivity index (χ1) is 17.2. The van der Waals surface area contributed by atoms with Gasteiger partial charge in [0.1, 0.15) is 11.4 Å². The zero-order chi connectivity index (χ0) is 25.9. The molecule has 10 heteroatoms. The second-order valence-corrected chi connectivity index (χ2v) is 9.81. The predicted octanol–water partition coefficient (Wildman–Crippen LogP) is 5.62. The molecule has 4 aromatic rings.